The fraction of sp³-hybridized carbons (Fsp3) is 0.0600. The Kier molecular flexibility index (Phi) is 8.32. The molecule has 0 bridgehead atoms. The van der Waals surface area contributed by atoms with Gasteiger partial charge in [0.2, 0.25) is 0 Å². The van der Waals surface area contributed by atoms with E-state index in [0.29, 0.717) is 33.9 Å². The molecule has 5 amide bonds. The average Bonchev–Trinajstić information content (AvgIpc) is 3.80. The lowest BCUT2D eigenvalue weighted by Gasteiger charge is -2.40. The van der Waals surface area contributed by atoms with E-state index in [0.717, 1.165) is 37.7 Å². The summed E-state index contributed by atoms with van der Waals surface area (Å²) >= 11 is 0. The number of methoxy groups -OCH3 is 1. The topological polar surface area (TPSA) is 114 Å². The molecule has 0 saturated heterocycles. The van der Waals surface area contributed by atoms with Crippen LogP contribution in [0.15, 0.2) is 164 Å². The number of aryl methyl sites for hydroxylation is 1. The number of nitrogens with zero attached hydrogens (tertiary/aromatic N) is 3. The van der Waals surface area contributed by atoms with Gasteiger partial charge in [-0.2, -0.15) is 0 Å². The first-order chi connectivity index (χ1) is 29.2. The van der Waals surface area contributed by atoms with E-state index in [4.69, 9.17) is 9.47 Å². The molecule has 0 aromatic heterocycles. The van der Waals surface area contributed by atoms with Gasteiger partial charge in [-0.3, -0.25) is 28.9 Å². The summed E-state index contributed by atoms with van der Waals surface area (Å²) in [6.45, 7) is 1.84. The molecule has 7 aromatic carbocycles. The van der Waals surface area contributed by atoms with Gasteiger partial charge >= 0.3 is 0 Å². The van der Waals surface area contributed by atoms with E-state index in [9.17, 15) is 24.0 Å². The van der Waals surface area contributed by atoms with Gasteiger partial charge in [-0.05, 0) is 115 Å². The van der Waals surface area contributed by atoms with Crippen molar-refractivity contribution in [3.05, 3.63) is 214 Å². The predicted molar refractivity (Wildman–Crippen MR) is 225 cm³/mol. The highest BCUT2D eigenvalue weighted by Crippen LogP contribution is 2.51. The molecule has 0 fully saturated rings. The maximum Gasteiger partial charge on any atom is 0.266 e. The van der Waals surface area contributed by atoms with Crippen molar-refractivity contribution in [3.63, 3.8) is 0 Å². The molecule has 0 N–H and O–H groups in total. The minimum Gasteiger partial charge on any atom is -0.497 e. The van der Waals surface area contributed by atoms with Crippen LogP contribution in [0.3, 0.4) is 0 Å². The van der Waals surface area contributed by atoms with Crippen LogP contribution in [0.2, 0.25) is 0 Å². The highest BCUT2D eigenvalue weighted by atomic mass is 16.5. The molecule has 60 heavy (non-hydrogen) atoms. The maximum atomic E-state index is 14.4. The van der Waals surface area contributed by atoms with Crippen LogP contribution in [0.1, 0.15) is 74.0 Å². The van der Waals surface area contributed by atoms with Gasteiger partial charge in [0, 0.05) is 11.3 Å². The standard InChI is InChI=1S/C50H33N3O7/c1-30-15-25-39-42(27-30)47(56)51(45(39)54)34-11-8-12-35(28-34)52-46(55)40-26-24-38(29-43(40)48(52)57)60-37-22-18-32(19-23-37)50(31-16-20-36(59-2)21-17-31)44-14-7-6-13-41(44)49(58)53(50)33-9-4-3-5-10-33/h3-29H,1-2H3. The van der Waals surface area contributed by atoms with Crippen LogP contribution in [0.4, 0.5) is 17.1 Å². The second kappa shape index (κ2) is 13.8. The zero-order valence-electron chi connectivity index (χ0n) is 32.3. The Balaban J connectivity index is 0.963. The molecule has 0 radical (unpaired) electrons. The van der Waals surface area contributed by atoms with Gasteiger partial charge in [0.15, 0.2) is 0 Å². The first-order valence-corrected chi connectivity index (χ1v) is 19.2. The Morgan fingerprint density at radius 1 is 0.417 bits per heavy atom. The van der Waals surface area contributed by atoms with Crippen LogP contribution in [0.25, 0.3) is 0 Å². The van der Waals surface area contributed by atoms with Gasteiger partial charge in [0.1, 0.15) is 22.8 Å². The normalized spacial score (nSPS) is 16.6. The minimum absolute atomic E-state index is 0.135. The summed E-state index contributed by atoms with van der Waals surface area (Å²) in [4.78, 5) is 72.6. The number of fused-ring (bicyclic) bond motifs is 3. The van der Waals surface area contributed by atoms with E-state index in [1.54, 1.807) is 55.6 Å². The Hall–Kier alpha value is -8.11. The molecule has 0 spiro atoms. The van der Waals surface area contributed by atoms with Gasteiger partial charge in [0.25, 0.3) is 29.5 Å². The molecule has 10 nitrogen and oxygen atoms in total. The minimum atomic E-state index is -1.06. The van der Waals surface area contributed by atoms with E-state index >= 15 is 0 Å². The molecular formula is C50H33N3O7. The molecule has 3 heterocycles. The average molecular weight is 788 g/mol. The lowest BCUT2D eigenvalue weighted by Crippen LogP contribution is -2.46. The van der Waals surface area contributed by atoms with Gasteiger partial charge in [-0.15, -0.1) is 0 Å². The van der Waals surface area contributed by atoms with E-state index in [-0.39, 0.29) is 28.4 Å². The second-order valence-corrected chi connectivity index (χ2v) is 14.8. The number of anilines is 3. The molecule has 3 aliphatic rings. The SMILES string of the molecule is COc1ccc(C2(c3ccc(Oc4ccc5c(c4)C(=O)N(c4cccc(N6C(=O)c7ccc(C)cc7C6=O)c4)C5=O)cc3)c3ccccc3C(=O)N2c2ccccc2)cc1. The molecule has 0 aliphatic carbocycles. The second-order valence-electron chi connectivity index (χ2n) is 14.8. The monoisotopic (exact) mass is 787 g/mol. The molecule has 3 aliphatic heterocycles. The Labute approximate surface area is 344 Å². The summed E-state index contributed by atoms with van der Waals surface area (Å²) in [5.74, 6) is -0.720. The quantitative estimate of drug-likeness (QED) is 0.141. The molecule has 7 aromatic rings. The summed E-state index contributed by atoms with van der Waals surface area (Å²) in [5, 5.41) is 0. The van der Waals surface area contributed by atoms with Crippen molar-refractivity contribution < 1.29 is 33.4 Å². The van der Waals surface area contributed by atoms with Crippen LogP contribution in [0.5, 0.6) is 17.2 Å². The molecule has 0 saturated carbocycles. The zero-order valence-corrected chi connectivity index (χ0v) is 32.3. The fourth-order valence-corrected chi connectivity index (χ4v) is 8.61. The summed E-state index contributed by atoms with van der Waals surface area (Å²) in [5.41, 5.74) is 5.00. The van der Waals surface area contributed by atoms with Crippen LogP contribution in [0, 0.1) is 6.92 Å². The molecule has 1 unspecified atom stereocenters. The highest BCUT2D eigenvalue weighted by molar-refractivity contribution is 6.36. The predicted octanol–water partition coefficient (Wildman–Crippen LogP) is 9.35. The largest absolute Gasteiger partial charge is 0.497 e. The van der Waals surface area contributed by atoms with Crippen molar-refractivity contribution in [2.45, 2.75) is 12.5 Å². The van der Waals surface area contributed by atoms with Crippen molar-refractivity contribution in [1.29, 1.82) is 0 Å². The number of benzene rings is 7. The maximum absolute atomic E-state index is 14.4. The summed E-state index contributed by atoms with van der Waals surface area (Å²) < 4.78 is 11.8. The third kappa shape index (κ3) is 5.38. The Bertz CT molecular complexity index is 2960. The smallest absolute Gasteiger partial charge is 0.266 e. The Morgan fingerprint density at radius 3 is 1.57 bits per heavy atom. The third-order valence-electron chi connectivity index (χ3n) is 11.4. The first kappa shape index (κ1) is 36.2. The fourth-order valence-electron chi connectivity index (χ4n) is 8.61. The molecule has 10 heteroatoms. The van der Waals surface area contributed by atoms with Crippen molar-refractivity contribution in [2.24, 2.45) is 0 Å². The number of amides is 5. The first-order valence-electron chi connectivity index (χ1n) is 19.2. The van der Waals surface area contributed by atoms with Crippen molar-refractivity contribution in [1.82, 2.24) is 0 Å². The van der Waals surface area contributed by atoms with Crippen LogP contribution >= 0.6 is 0 Å². The van der Waals surface area contributed by atoms with Gasteiger partial charge in [-0.1, -0.05) is 78.4 Å². The highest BCUT2D eigenvalue weighted by Gasteiger charge is 2.53. The molecule has 290 valence electrons. The molecular weight excluding hydrogens is 755 g/mol. The van der Waals surface area contributed by atoms with Gasteiger partial charge in [0.05, 0.1) is 40.7 Å². The molecule has 10 rings (SSSR count). The van der Waals surface area contributed by atoms with E-state index < -0.39 is 29.2 Å². The van der Waals surface area contributed by atoms with Crippen LogP contribution in [-0.4, -0.2) is 36.6 Å². The number of hydrogen-bond acceptors (Lipinski definition) is 7. The summed E-state index contributed by atoms with van der Waals surface area (Å²) in [6.07, 6.45) is 0. The number of carbonyl (C=O) groups excluding carboxylic acids is 5. The molecule has 1 atom stereocenters. The van der Waals surface area contributed by atoms with E-state index in [1.807, 2.05) is 115 Å². The Morgan fingerprint density at radius 2 is 0.933 bits per heavy atom. The van der Waals surface area contributed by atoms with Crippen LogP contribution in [-0.2, 0) is 5.54 Å². The van der Waals surface area contributed by atoms with Gasteiger partial charge < -0.3 is 9.47 Å². The number of ether oxygens (including phenoxy) is 2. The van der Waals surface area contributed by atoms with E-state index in [2.05, 4.69) is 0 Å². The van der Waals surface area contributed by atoms with Crippen molar-refractivity contribution >= 4 is 46.6 Å². The number of rotatable bonds is 8. The summed E-state index contributed by atoms with van der Waals surface area (Å²) in [6, 6.07) is 48.4. The number of imide groups is 2. The lowest BCUT2D eigenvalue weighted by atomic mass is 9.76. The van der Waals surface area contributed by atoms with Crippen LogP contribution < -0.4 is 24.2 Å². The number of carbonyl (C=O) groups is 5. The number of para-hydroxylation sites is 1. The van der Waals surface area contributed by atoms with Crippen molar-refractivity contribution in [3.8, 4) is 17.2 Å². The van der Waals surface area contributed by atoms with Crippen molar-refractivity contribution in [2.75, 3.05) is 21.8 Å². The summed E-state index contributed by atoms with van der Waals surface area (Å²) in [7, 11) is 1.61. The van der Waals surface area contributed by atoms with Gasteiger partial charge in [-0.25, -0.2) is 9.80 Å². The zero-order chi connectivity index (χ0) is 41.3. The number of hydrogen-bond donors (Lipinski definition) is 0. The lowest BCUT2D eigenvalue weighted by molar-refractivity contribution is 0.0912. The van der Waals surface area contributed by atoms with E-state index in [1.165, 1.54) is 12.1 Å². The third-order valence-corrected chi connectivity index (χ3v) is 11.4.